The Balaban J connectivity index is 1.42. The Morgan fingerprint density at radius 2 is 1.08 bits per heavy atom. The van der Waals surface area contributed by atoms with Crippen LogP contribution in [-0.4, -0.2) is 14.5 Å². The number of nitrogens with zero attached hydrogens (tertiary/aromatic N) is 1. The van der Waals surface area contributed by atoms with E-state index in [2.05, 4.69) is 144 Å². The molecule has 6 aromatic carbocycles. The Morgan fingerprint density at radius 3 is 1.94 bits per heavy atom. The van der Waals surface area contributed by atoms with Crippen LogP contribution >= 0.6 is 0 Å². The average molecular weight is 525 g/mol. The molecule has 0 unspecified atom stereocenters. The van der Waals surface area contributed by atoms with Gasteiger partial charge in [-0.1, -0.05) is 0 Å². The molecule has 170 valence electrons. The van der Waals surface area contributed by atoms with Crippen molar-refractivity contribution in [2.75, 3.05) is 4.90 Å². The van der Waals surface area contributed by atoms with Crippen LogP contribution in [0.2, 0.25) is 0 Å². The van der Waals surface area contributed by atoms with Gasteiger partial charge in [-0.25, -0.2) is 0 Å². The number of fused-ring (bicyclic) bond motifs is 5. The molecule has 0 saturated heterocycles. The van der Waals surface area contributed by atoms with Crippen LogP contribution in [0.15, 0.2) is 140 Å². The van der Waals surface area contributed by atoms with Gasteiger partial charge in [-0.2, -0.15) is 0 Å². The summed E-state index contributed by atoms with van der Waals surface area (Å²) in [7, 11) is 0. The van der Waals surface area contributed by atoms with Gasteiger partial charge in [0.05, 0.1) is 0 Å². The summed E-state index contributed by atoms with van der Waals surface area (Å²) >= 11 is 0.274. The molecule has 1 nitrogen and oxygen atoms in total. The molecule has 2 heteroatoms. The quantitative estimate of drug-likeness (QED) is 0.207. The Hall–Kier alpha value is -4.10. The first-order chi connectivity index (χ1) is 17.8. The Labute approximate surface area is 216 Å². The van der Waals surface area contributed by atoms with Crippen LogP contribution in [0.25, 0.3) is 41.2 Å². The van der Waals surface area contributed by atoms with Gasteiger partial charge in [0.25, 0.3) is 0 Å². The van der Waals surface area contributed by atoms with E-state index in [1.165, 1.54) is 46.9 Å². The van der Waals surface area contributed by atoms with E-state index in [1.807, 2.05) is 0 Å². The number of benzene rings is 6. The van der Waals surface area contributed by atoms with Crippen LogP contribution in [-0.2, 0) is 0 Å². The molecule has 1 heterocycles. The maximum absolute atomic E-state index is 2.41. The van der Waals surface area contributed by atoms with Crippen molar-refractivity contribution in [2.45, 2.75) is 0 Å². The molecule has 0 atom stereocenters. The molecule has 0 bridgehead atoms. The number of hydrogen-bond acceptors (Lipinski definition) is 1. The van der Waals surface area contributed by atoms with Crippen molar-refractivity contribution in [3.63, 3.8) is 0 Å². The number of para-hydroxylation sites is 1. The summed E-state index contributed by atoms with van der Waals surface area (Å²) < 4.78 is 2.96. The van der Waals surface area contributed by atoms with Crippen molar-refractivity contribution >= 4 is 61.6 Å². The molecule has 0 aliphatic carbocycles. The molecule has 0 fully saturated rings. The Morgan fingerprint density at radius 1 is 0.417 bits per heavy atom. The number of rotatable bonds is 4. The minimum absolute atomic E-state index is 0.274. The van der Waals surface area contributed by atoms with Crippen molar-refractivity contribution in [3.8, 4) is 11.1 Å². The van der Waals surface area contributed by atoms with E-state index in [-0.39, 0.29) is 14.5 Å². The maximum atomic E-state index is 2.41. The zero-order chi connectivity index (χ0) is 23.9. The summed E-state index contributed by atoms with van der Waals surface area (Å²) in [6.45, 7) is 0. The van der Waals surface area contributed by atoms with E-state index < -0.39 is 0 Å². The van der Waals surface area contributed by atoms with Crippen molar-refractivity contribution in [1.29, 1.82) is 0 Å². The van der Waals surface area contributed by atoms with E-state index >= 15 is 0 Å². The minimum atomic E-state index is 0.274. The second-order valence-corrected chi connectivity index (χ2v) is 11.2. The van der Waals surface area contributed by atoms with Gasteiger partial charge in [0, 0.05) is 0 Å². The summed E-state index contributed by atoms with van der Waals surface area (Å²) in [4.78, 5) is 2.38. The predicted octanol–water partition coefficient (Wildman–Crippen LogP) is 9.34. The van der Waals surface area contributed by atoms with Crippen LogP contribution in [0, 0.1) is 0 Å². The monoisotopic (exact) mass is 525 g/mol. The van der Waals surface area contributed by atoms with Gasteiger partial charge in [0.2, 0.25) is 0 Å². The van der Waals surface area contributed by atoms with Gasteiger partial charge >= 0.3 is 217 Å². The molecule has 0 radical (unpaired) electrons. The second kappa shape index (κ2) is 8.84. The molecule has 36 heavy (non-hydrogen) atoms. The zero-order valence-electron chi connectivity index (χ0n) is 19.6. The van der Waals surface area contributed by atoms with E-state index in [1.54, 1.807) is 0 Å². The van der Waals surface area contributed by atoms with Crippen LogP contribution in [0.4, 0.5) is 17.1 Å². The topological polar surface area (TPSA) is 3.24 Å². The van der Waals surface area contributed by atoms with Crippen LogP contribution < -0.4 is 4.90 Å². The van der Waals surface area contributed by atoms with Crippen molar-refractivity contribution in [2.24, 2.45) is 0 Å². The van der Waals surface area contributed by atoms with Gasteiger partial charge in [0.1, 0.15) is 0 Å². The predicted molar refractivity (Wildman–Crippen MR) is 156 cm³/mol. The van der Waals surface area contributed by atoms with Crippen molar-refractivity contribution in [1.82, 2.24) is 0 Å². The van der Waals surface area contributed by atoms with Gasteiger partial charge in [0.15, 0.2) is 0 Å². The standard InChI is InChI=1S/C34H23NSe/c1-3-10-24(11-4-1)26-13-9-16-28(22-26)35(27-14-5-2-6-15-27)29-19-21-31-32-20-18-25-12-7-8-17-30(25)34(32)36-33(31)23-29/h1-23H. The molecular weight excluding hydrogens is 501 g/mol. The summed E-state index contributed by atoms with van der Waals surface area (Å²) in [6, 6.07) is 50.5. The molecule has 0 spiro atoms. The first-order valence-corrected chi connectivity index (χ1v) is 13.9. The summed E-state index contributed by atoms with van der Waals surface area (Å²) in [5.74, 6) is 0. The third-order valence-corrected chi connectivity index (χ3v) is 9.35. The van der Waals surface area contributed by atoms with Crippen molar-refractivity contribution in [3.05, 3.63) is 140 Å². The van der Waals surface area contributed by atoms with Crippen LogP contribution in [0.1, 0.15) is 0 Å². The molecule has 7 rings (SSSR count). The third-order valence-electron chi connectivity index (χ3n) is 6.83. The fourth-order valence-corrected chi connectivity index (χ4v) is 7.78. The molecular formula is C34H23NSe. The Kier molecular flexibility index (Phi) is 5.21. The first kappa shape index (κ1) is 21.2. The number of hydrogen-bond donors (Lipinski definition) is 0. The summed E-state index contributed by atoms with van der Waals surface area (Å²) in [5, 5.41) is 5.50. The molecule has 0 aliphatic heterocycles. The number of anilines is 3. The van der Waals surface area contributed by atoms with E-state index in [9.17, 15) is 0 Å². The molecule has 0 amide bonds. The van der Waals surface area contributed by atoms with E-state index in [0.29, 0.717) is 0 Å². The van der Waals surface area contributed by atoms with Crippen LogP contribution in [0.3, 0.4) is 0 Å². The van der Waals surface area contributed by atoms with Gasteiger partial charge < -0.3 is 0 Å². The van der Waals surface area contributed by atoms with Gasteiger partial charge in [-0.05, 0) is 0 Å². The van der Waals surface area contributed by atoms with Gasteiger partial charge in [-0.15, -0.1) is 0 Å². The molecule has 0 aliphatic rings. The normalized spacial score (nSPS) is 11.3. The molecule has 7 aromatic rings. The zero-order valence-corrected chi connectivity index (χ0v) is 21.3. The molecule has 0 N–H and O–H groups in total. The SMILES string of the molecule is c1ccc(-c2cccc(N(c3ccccc3)c3ccc4c(c3)[se]c3c5ccccc5ccc43)c2)cc1. The fourth-order valence-electron chi connectivity index (χ4n) is 5.11. The van der Waals surface area contributed by atoms with E-state index in [0.717, 1.165) is 11.4 Å². The average Bonchev–Trinajstić information content (AvgIpc) is 3.33. The third kappa shape index (κ3) is 3.63. The van der Waals surface area contributed by atoms with E-state index in [4.69, 9.17) is 0 Å². The van der Waals surface area contributed by atoms with Gasteiger partial charge in [-0.3, -0.25) is 0 Å². The molecule has 1 aromatic heterocycles. The fraction of sp³-hybridized carbons (Fsp3) is 0. The molecule has 0 saturated carbocycles. The van der Waals surface area contributed by atoms with Crippen molar-refractivity contribution < 1.29 is 0 Å². The first-order valence-electron chi connectivity index (χ1n) is 12.2. The Bertz CT molecular complexity index is 1830. The summed E-state index contributed by atoms with van der Waals surface area (Å²) in [5.41, 5.74) is 5.97. The summed E-state index contributed by atoms with van der Waals surface area (Å²) in [6.07, 6.45) is 0. The second-order valence-electron chi connectivity index (χ2n) is 9.03. The van der Waals surface area contributed by atoms with Crippen LogP contribution in [0.5, 0.6) is 0 Å².